The van der Waals surface area contributed by atoms with Gasteiger partial charge in [-0.2, -0.15) is 0 Å². The van der Waals surface area contributed by atoms with Crippen molar-refractivity contribution in [2.75, 3.05) is 6.54 Å². The van der Waals surface area contributed by atoms with Crippen LogP contribution in [0.25, 0.3) is 0 Å². The van der Waals surface area contributed by atoms with Crippen LogP contribution in [0.4, 0.5) is 0 Å². The molecule has 1 N–H and O–H groups in total. The van der Waals surface area contributed by atoms with Crippen LogP contribution in [0.2, 0.25) is 0 Å². The Morgan fingerprint density at radius 1 is 1.22 bits per heavy atom. The predicted octanol–water partition coefficient (Wildman–Crippen LogP) is 2.35. The zero-order valence-corrected chi connectivity index (χ0v) is 10.7. The van der Waals surface area contributed by atoms with Gasteiger partial charge in [-0.25, -0.2) is 0 Å². The molecule has 0 radical (unpaired) electrons. The summed E-state index contributed by atoms with van der Waals surface area (Å²) in [4.78, 5) is 23.3. The first-order valence-corrected chi connectivity index (χ1v) is 6.60. The first-order valence-electron chi connectivity index (χ1n) is 6.60. The minimum atomic E-state index is -0.0213. The topological polar surface area (TPSA) is 46.2 Å². The number of hydrogen-bond acceptors (Lipinski definition) is 2. The number of aryl methyl sites for hydroxylation is 1. The van der Waals surface area contributed by atoms with Crippen molar-refractivity contribution < 1.29 is 9.59 Å². The van der Waals surface area contributed by atoms with E-state index in [1.54, 1.807) is 0 Å². The van der Waals surface area contributed by atoms with E-state index in [1.165, 1.54) is 5.56 Å². The first kappa shape index (κ1) is 12.8. The van der Waals surface area contributed by atoms with E-state index in [1.807, 2.05) is 24.3 Å². The van der Waals surface area contributed by atoms with Gasteiger partial charge in [0.2, 0.25) is 5.91 Å². The molecule has 0 aliphatic heterocycles. The molecule has 1 amide bonds. The summed E-state index contributed by atoms with van der Waals surface area (Å²) in [7, 11) is 0. The van der Waals surface area contributed by atoms with E-state index in [-0.39, 0.29) is 24.2 Å². The molecule has 0 saturated heterocycles. The summed E-state index contributed by atoms with van der Waals surface area (Å²) in [6.45, 7) is 2.24. The van der Waals surface area contributed by atoms with Crippen LogP contribution in [0.5, 0.6) is 0 Å². The zero-order valence-electron chi connectivity index (χ0n) is 10.7. The molecule has 1 saturated carbocycles. The van der Waals surface area contributed by atoms with Gasteiger partial charge in [0.25, 0.3) is 0 Å². The number of ketones is 1. The van der Waals surface area contributed by atoms with Crippen LogP contribution in [0.1, 0.15) is 42.1 Å². The van der Waals surface area contributed by atoms with Gasteiger partial charge in [0.15, 0.2) is 5.78 Å². The molecule has 3 heteroatoms. The van der Waals surface area contributed by atoms with Gasteiger partial charge < -0.3 is 5.32 Å². The molecule has 0 aromatic heterocycles. The summed E-state index contributed by atoms with van der Waals surface area (Å²) in [5, 5.41) is 2.69. The third-order valence-electron chi connectivity index (χ3n) is 3.19. The molecule has 3 nitrogen and oxygen atoms in total. The molecule has 1 aliphatic carbocycles. The highest BCUT2D eigenvalue weighted by atomic mass is 16.2. The van der Waals surface area contributed by atoms with E-state index in [0.717, 1.165) is 25.7 Å². The van der Waals surface area contributed by atoms with Crippen LogP contribution in [0.3, 0.4) is 0 Å². The largest absolute Gasteiger partial charge is 0.348 e. The van der Waals surface area contributed by atoms with E-state index < -0.39 is 0 Å². The fourth-order valence-corrected chi connectivity index (χ4v) is 1.91. The Labute approximate surface area is 108 Å². The third kappa shape index (κ3) is 3.42. The van der Waals surface area contributed by atoms with Gasteiger partial charge in [-0.3, -0.25) is 9.59 Å². The van der Waals surface area contributed by atoms with E-state index >= 15 is 0 Å². The van der Waals surface area contributed by atoms with E-state index in [9.17, 15) is 9.59 Å². The Morgan fingerprint density at radius 2 is 1.89 bits per heavy atom. The number of hydrogen-bond donors (Lipinski definition) is 1. The van der Waals surface area contributed by atoms with Crippen molar-refractivity contribution in [3.05, 3.63) is 35.4 Å². The number of amides is 1. The zero-order chi connectivity index (χ0) is 13.0. The molecule has 1 aliphatic rings. The van der Waals surface area contributed by atoms with Gasteiger partial charge in [0.05, 0.1) is 6.54 Å². The quantitative estimate of drug-likeness (QED) is 0.782. The van der Waals surface area contributed by atoms with Crippen LogP contribution < -0.4 is 5.32 Å². The van der Waals surface area contributed by atoms with Crippen molar-refractivity contribution in [3.8, 4) is 0 Å². The van der Waals surface area contributed by atoms with Crippen molar-refractivity contribution in [2.45, 2.75) is 32.6 Å². The summed E-state index contributed by atoms with van der Waals surface area (Å²) in [5.41, 5.74) is 1.92. The Morgan fingerprint density at radius 3 is 2.44 bits per heavy atom. The lowest BCUT2D eigenvalue weighted by Gasteiger charge is -2.05. The molecule has 0 unspecified atom stereocenters. The third-order valence-corrected chi connectivity index (χ3v) is 3.19. The second kappa shape index (κ2) is 5.80. The highest BCUT2D eigenvalue weighted by molar-refractivity contribution is 5.99. The maximum absolute atomic E-state index is 11.8. The molecule has 1 aromatic carbocycles. The number of nitrogens with one attached hydrogen (secondary N) is 1. The number of carbonyl (C=O) groups is 2. The average Bonchev–Trinajstić information content (AvgIpc) is 3.21. The van der Waals surface area contributed by atoms with Crippen LogP contribution in [-0.4, -0.2) is 18.2 Å². The van der Waals surface area contributed by atoms with E-state index in [0.29, 0.717) is 5.56 Å². The smallest absolute Gasteiger partial charge is 0.223 e. The maximum Gasteiger partial charge on any atom is 0.223 e. The molecule has 2 rings (SSSR count). The van der Waals surface area contributed by atoms with Gasteiger partial charge in [0, 0.05) is 11.5 Å². The molecule has 18 heavy (non-hydrogen) atoms. The second-order valence-electron chi connectivity index (χ2n) is 4.86. The van der Waals surface area contributed by atoms with Gasteiger partial charge >= 0.3 is 0 Å². The summed E-state index contributed by atoms with van der Waals surface area (Å²) in [6.07, 6.45) is 4.06. The van der Waals surface area contributed by atoms with Crippen LogP contribution >= 0.6 is 0 Å². The fourth-order valence-electron chi connectivity index (χ4n) is 1.91. The highest BCUT2D eigenvalue weighted by Gasteiger charge is 2.29. The molecular formula is C15H19NO2. The first-order chi connectivity index (χ1) is 8.70. The van der Waals surface area contributed by atoms with Crippen molar-refractivity contribution >= 4 is 11.7 Å². The molecule has 96 valence electrons. The van der Waals surface area contributed by atoms with Gasteiger partial charge in [-0.1, -0.05) is 37.6 Å². The molecular weight excluding hydrogens is 226 g/mol. The Balaban J connectivity index is 1.85. The molecule has 0 spiro atoms. The summed E-state index contributed by atoms with van der Waals surface area (Å²) in [6, 6.07) is 7.66. The minimum Gasteiger partial charge on any atom is -0.348 e. The number of rotatable bonds is 6. The second-order valence-corrected chi connectivity index (χ2v) is 4.86. The molecule has 1 fully saturated rings. The Hall–Kier alpha value is -1.64. The van der Waals surface area contributed by atoms with Crippen molar-refractivity contribution in [1.82, 2.24) is 5.32 Å². The molecule has 0 atom stereocenters. The van der Waals surface area contributed by atoms with Gasteiger partial charge in [-0.15, -0.1) is 0 Å². The SMILES string of the molecule is CCCc1ccc(C(=O)CNC(=O)C2CC2)cc1. The number of Topliss-reactive ketones (excluding diaryl/α,β-unsaturated/α-hetero) is 1. The summed E-state index contributed by atoms with van der Waals surface area (Å²) in [5.74, 6) is 0.155. The van der Waals surface area contributed by atoms with Crippen LogP contribution in [-0.2, 0) is 11.2 Å². The van der Waals surface area contributed by atoms with Gasteiger partial charge in [0.1, 0.15) is 0 Å². The fraction of sp³-hybridized carbons (Fsp3) is 0.467. The Bertz CT molecular complexity index is 432. The van der Waals surface area contributed by atoms with Crippen molar-refractivity contribution in [2.24, 2.45) is 5.92 Å². The number of benzene rings is 1. The Kier molecular flexibility index (Phi) is 4.13. The summed E-state index contributed by atoms with van der Waals surface area (Å²) >= 11 is 0. The lowest BCUT2D eigenvalue weighted by atomic mass is 10.1. The van der Waals surface area contributed by atoms with E-state index in [2.05, 4.69) is 12.2 Å². The molecule has 1 aromatic rings. The van der Waals surface area contributed by atoms with Crippen molar-refractivity contribution in [3.63, 3.8) is 0 Å². The lowest BCUT2D eigenvalue weighted by Crippen LogP contribution is -2.30. The lowest BCUT2D eigenvalue weighted by molar-refractivity contribution is -0.122. The van der Waals surface area contributed by atoms with Gasteiger partial charge in [-0.05, 0) is 24.8 Å². The number of carbonyl (C=O) groups excluding carboxylic acids is 2. The standard InChI is InChI=1S/C15H19NO2/c1-2-3-11-4-6-12(7-5-11)14(17)10-16-15(18)13-8-9-13/h4-7,13H,2-3,8-10H2,1H3,(H,16,18). The normalized spacial score (nSPS) is 14.3. The summed E-state index contributed by atoms with van der Waals surface area (Å²) < 4.78 is 0. The average molecular weight is 245 g/mol. The molecule has 0 bridgehead atoms. The minimum absolute atomic E-state index is 0.0194. The van der Waals surface area contributed by atoms with Crippen LogP contribution in [0, 0.1) is 5.92 Å². The van der Waals surface area contributed by atoms with Crippen molar-refractivity contribution in [1.29, 1.82) is 0 Å². The monoisotopic (exact) mass is 245 g/mol. The van der Waals surface area contributed by atoms with Crippen LogP contribution in [0.15, 0.2) is 24.3 Å². The molecule has 0 heterocycles. The predicted molar refractivity (Wildman–Crippen MR) is 70.5 cm³/mol. The van der Waals surface area contributed by atoms with E-state index in [4.69, 9.17) is 0 Å². The maximum atomic E-state index is 11.8. The highest BCUT2D eigenvalue weighted by Crippen LogP contribution is 2.28.